The van der Waals surface area contributed by atoms with Gasteiger partial charge in [-0.1, -0.05) is 38.0 Å². The van der Waals surface area contributed by atoms with E-state index < -0.39 is 0 Å². The van der Waals surface area contributed by atoms with Gasteiger partial charge < -0.3 is 22.0 Å². The first-order chi connectivity index (χ1) is 8.24. The van der Waals surface area contributed by atoms with E-state index in [4.69, 9.17) is 4.74 Å². The zero-order chi connectivity index (χ0) is 12.5. The third-order valence-electron chi connectivity index (χ3n) is 2.82. The molecule has 0 aliphatic carbocycles. The lowest BCUT2D eigenvalue weighted by atomic mass is 10.1. The summed E-state index contributed by atoms with van der Waals surface area (Å²) in [5.74, 6) is 1.06. The standard InChI is InChI=1S/C15H25NO.ClH/c1-4-5-6-9-14-10-7-8-11-15(14)17-13-12-16(2)3;/h7-8,10-11H,4-6,9,12-13H2,1-3H3;1H/p-1. The number of ether oxygens (including phenoxy) is 1. The Kier molecular flexibility index (Phi) is 9.80. The molecule has 0 aliphatic heterocycles. The molecule has 0 fully saturated rings. The lowest BCUT2D eigenvalue weighted by molar-refractivity contribution is -0.00000426. The van der Waals surface area contributed by atoms with E-state index in [1.54, 1.807) is 0 Å². The molecule has 1 rings (SSSR count). The van der Waals surface area contributed by atoms with Crippen LogP contribution < -0.4 is 17.1 Å². The van der Waals surface area contributed by atoms with E-state index in [1.807, 2.05) is 6.07 Å². The van der Waals surface area contributed by atoms with Crippen molar-refractivity contribution in [2.75, 3.05) is 27.2 Å². The summed E-state index contributed by atoms with van der Waals surface area (Å²) >= 11 is 0. The van der Waals surface area contributed by atoms with E-state index in [1.165, 1.54) is 24.8 Å². The Morgan fingerprint density at radius 1 is 1.11 bits per heavy atom. The van der Waals surface area contributed by atoms with Crippen molar-refractivity contribution in [1.29, 1.82) is 0 Å². The molecule has 0 spiro atoms. The highest BCUT2D eigenvalue weighted by Crippen LogP contribution is 2.20. The molecule has 0 radical (unpaired) electrons. The molecular formula is C15H25ClNO-. The second-order valence-electron chi connectivity index (χ2n) is 4.72. The lowest BCUT2D eigenvalue weighted by Gasteiger charge is -2.13. The molecule has 1 aromatic carbocycles. The van der Waals surface area contributed by atoms with Crippen LogP contribution in [-0.2, 0) is 6.42 Å². The molecule has 0 N–H and O–H groups in total. The Balaban J connectivity index is 0.00000289. The Morgan fingerprint density at radius 3 is 2.50 bits per heavy atom. The monoisotopic (exact) mass is 270 g/mol. The van der Waals surface area contributed by atoms with Gasteiger partial charge in [0.1, 0.15) is 12.4 Å². The number of hydrogen-bond donors (Lipinski definition) is 0. The van der Waals surface area contributed by atoms with Gasteiger partial charge in [0.2, 0.25) is 0 Å². The third kappa shape index (κ3) is 6.87. The number of nitrogens with zero attached hydrogens (tertiary/aromatic N) is 1. The second-order valence-corrected chi connectivity index (χ2v) is 4.72. The minimum atomic E-state index is 0. The summed E-state index contributed by atoms with van der Waals surface area (Å²) in [6.45, 7) is 3.96. The van der Waals surface area contributed by atoms with E-state index in [9.17, 15) is 0 Å². The summed E-state index contributed by atoms with van der Waals surface area (Å²) in [6, 6.07) is 8.41. The van der Waals surface area contributed by atoms with Crippen molar-refractivity contribution in [1.82, 2.24) is 4.90 Å². The van der Waals surface area contributed by atoms with Crippen LogP contribution in [0.2, 0.25) is 0 Å². The van der Waals surface area contributed by atoms with Crippen molar-refractivity contribution in [2.24, 2.45) is 0 Å². The minimum Gasteiger partial charge on any atom is -1.00 e. The van der Waals surface area contributed by atoms with Gasteiger partial charge >= 0.3 is 0 Å². The zero-order valence-corrected chi connectivity index (χ0v) is 12.5. The van der Waals surface area contributed by atoms with Crippen LogP contribution in [0, 0.1) is 0 Å². The van der Waals surface area contributed by atoms with Gasteiger partial charge in [0.25, 0.3) is 0 Å². The predicted molar refractivity (Wildman–Crippen MR) is 73.7 cm³/mol. The Labute approximate surface area is 118 Å². The normalized spacial score (nSPS) is 10.2. The second kappa shape index (κ2) is 10.2. The van der Waals surface area contributed by atoms with Crippen molar-refractivity contribution in [2.45, 2.75) is 32.6 Å². The van der Waals surface area contributed by atoms with Crippen LogP contribution in [0.5, 0.6) is 5.75 Å². The third-order valence-corrected chi connectivity index (χ3v) is 2.82. The van der Waals surface area contributed by atoms with Crippen LogP contribution in [0.1, 0.15) is 31.7 Å². The molecule has 3 heteroatoms. The first kappa shape index (κ1) is 17.3. The Morgan fingerprint density at radius 2 is 1.83 bits per heavy atom. The molecule has 0 bridgehead atoms. The molecule has 104 valence electrons. The summed E-state index contributed by atoms with van der Waals surface area (Å²) in [5, 5.41) is 0. The average Bonchev–Trinajstić information content (AvgIpc) is 2.31. The lowest BCUT2D eigenvalue weighted by Crippen LogP contribution is -3.00. The fourth-order valence-electron chi connectivity index (χ4n) is 1.75. The average molecular weight is 271 g/mol. The van der Waals surface area contributed by atoms with E-state index in [0.29, 0.717) is 0 Å². The molecule has 0 aromatic heterocycles. The molecule has 0 saturated carbocycles. The molecule has 1 aromatic rings. The number of hydrogen-bond acceptors (Lipinski definition) is 2. The summed E-state index contributed by atoms with van der Waals surface area (Å²) in [4.78, 5) is 2.14. The van der Waals surface area contributed by atoms with Gasteiger partial charge in [0, 0.05) is 6.54 Å². The van der Waals surface area contributed by atoms with Gasteiger partial charge in [-0.3, -0.25) is 0 Å². The molecule has 0 unspecified atom stereocenters. The molecule has 2 nitrogen and oxygen atoms in total. The highest BCUT2D eigenvalue weighted by Gasteiger charge is 2.02. The number of unbranched alkanes of at least 4 members (excludes halogenated alkanes) is 2. The Hall–Kier alpha value is -0.730. The maximum Gasteiger partial charge on any atom is 0.122 e. The number of rotatable bonds is 8. The summed E-state index contributed by atoms with van der Waals surface area (Å²) in [5.41, 5.74) is 1.35. The van der Waals surface area contributed by atoms with Gasteiger partial charge in [0.05, 0.1) is 0 Å². The highest BCUT2D eigenvalue weighted by atomic mass is 35.5. The summed E-state index contributed by atoms with van der Waals surface area (Å²) in [6.07, 6.45) is 4.95. The van der Waals surface area contributed by atoms with Crippen molar-refractivity contribution in [3.8, 4) is 5.75 Å². The van der Waals surface area contributed by atoms with E-state index >= 15 is 0 Å². The Bertz CT molecular complexity index is 315. The molecule has 0 atom stereocenters. The summed E-state index contributed by atoms with van der Waals surface area (Å²) in [7, 11) is 4.13. The zero-order valence-electron chi connectivity index (χ0n) is 11.8. The molecule has 18 heavy (non-hydrogen) atoms. The van der Waals surface area contributed by atoms with E-state index in [0.717, 1.165) is 25.3 Å². The van der Waals surface area contributed by atoms with Crippen molar-refractivity contribution >= 4 is 0 Å². The largest absolute Gasteiger partial charge is 1.00 e. The molecular weight excluding hydrogens is 246 g/mol. The van der Waals surface area contributed by atoms with Crippen LogP contribution in [0.3, 0.4) is 0 Å². The molecule has 0 heterocycles. The first-order valence-electron chi connectivity index (χ1n) is 6.59. The minimum absolute atomic E-state index is 0. The number of benzene rings is 1. The molecule has 0 amide bonds. The highest BCUT2D eigenvalue weighted by molar-refractivity contribution is 5.33. The smallest absolute Gasteiger partial charge is 0.122 e. The van der Waals surface area contributed by atoms with Gasteiger partial charge in [-0.05, 0) is 38.6 Å². The van der Waals surface area contributed by atoms with Crippen molar-refractivity contribution < 1.29 is 17.1 Å². The quantitative estimate of drug-likeness (QED) is 0.633. The van der Waals surface area contributed by atoms with Crippen LogP contribution in [-0.4, -0.2) is 32.1 Å². The maximum atomic E-state index is 5.84. The van der Waals surface area contributed by atoms with Gasteiger partial charge in [-0.15, -0.1) is 0 Å². The first-order valence-corrected chi connectivity index (χ1v) is 6.59. The molecule has 0 saturated heterocycles. The number of likely N-dealkylation sites (N-methyl/N-ethyl adjacent to an activating group) is 1. The van der Waals surface area contributed by atoms with Gasteiger partial charge in [-0.2, -0.15) is 0 Å². The number of aryl methyl sites for hydroxylation is 1. The van der Waals surface area contributed by atoms with Gasteiger partial charge in [-0.25, -0.2) is 0 Å². The molecule has 0 aliphatic rings. The van der Waals surface area contributed by atoms with E-state index in [2.05, 4.69) is 44.1 Å². The fourth-order valence-corrected chi connectivity index (χ4v) is 1.75. The SMILES string of the molecule is CCCCCc1ccccc1OCCN(C)C.[Cl-]. The van der Waals surface area contributed by atoms with Gasteiger partial charge in [0.15, 0.2) is 0 Å². The summed E-state index contributed by atoms with van der Waals surface area (Å²) < 4.78 is 5.84. The topological polar surface area (TPSA) is 12.5 Å². The number of para-hydroxylation sites is 1. The fraction of sp³-hybridized carbons (Fsp3) is 0.600. The van der Waals surface area contributed by atoms with Crippen LogP contribution >= 0.6 is 0 Å². The van der Waals surface area contributed by atoms with E-state index in [-0.39, 0.29) is 12.4 Å². The van der Waals surface area contributed by atoms with Crippen LogP contribution in [0.4, 0.5) is 0 Å². The predicted octanol–water partition coefficient (Wildman–Crippen LogP) is 0.364. The van der Waals surface area contributed by atoms with Crippen molar-refractivity contribution in [3.05, 3.63) is 29.8 Å². The van der Waals surface area contributed by atoms with Crippen molar-refractivity contribution in [3.63, 3.8) is 0 Å². The number of halogens is 1. The van der Waals surface area contributed by atoms with Crippen LogP contribution in [0.25, 0.3) is 0 Å². The maximum absolute atomic E-state index is 5.84. The van der Waals surface area contributed by atoms with Crippen LogP contribution in [0.15, 0.2) is 24.3 Å².